The van der Waals surface area contributed by atoms with E-state index in [9.17, 15) is 9.59 Å². The summed E-state index contributed by atoms with van der Waals surface area (Å²) in [5.74, 6) is 6.05. The molecule has 0 N–H and O–H groups in total. The van der Waals surface area contributed by atoms with Gasteiger partial charge in [0.05, 0.1) is 0 Å². The molecule has 0 saturated heterocycles. The lowest BCUT2D eigenvalue weighted by Crippen LogP contribution is -2.48. The van der Waals surface area contributed by atoms with Gasteiger partial charge in [0.25, 0.3) is 0 Å². The lowest BCUT2D eigenvalue weighted by atomic mass is 9.50. The quantitative estimate of drug-likeness (QED) is 0.612. The minimum Gasteiger partial charge on any atom is -0.299 e. The van der Waals surface area contributed by atoms with Crippen LogP contribution >= 0.6 is 15.9 Å². The van der Waals surface area contributed by atoms with Crippen molar-refractivity contribution < 1.29 is 9.59 Å². The van der Waals surface area contributed by atoms with Crippen molar-refractivity contribution in [2.45, 2.75) is 57.8 Å². The predicted molar refractivity (Wildman–Crippen MR) is 102 cm³/mol. The SMILES string of the molecule is C=C1C[C@@H]2[C@H](CC[C@]3(CCC#CBr)C(=O)CC[C@@H]23)[C@H]2CCC(=O)C=C12. The number of Topliss-reactive ketones (excluding diaryl/α,β-unsaturated/α-hetero) is 1. The average molecular weight is 401 g/mol. The Hall–Kier alpha value is -1.14. The molecule has 0 aromatic heterocycles. The molecule has 5 atom stereocenters. The maximum absolute atomic E-state index is 12.9. The van der Waals surface area contributed by atoms with Crippen LogP contribution in [0.4, 0.5) is 0 Å². The van der Waals surface area contributed by atoms with Crippen LogP contribution in [0, 0.1) is 39.8 Å². The van der Waals surface area contributed by atoms with Gasteiger partial charge in [0, 0.05) is 40.6 Å². The van der Waals surface area contributed by atoms with E-state index in [4.69, 9.17) is 0 Å². The van der Waals surface area contributed by atoms with Gasteiger partial charge in [0.15, 0.2) is 5.78 Å². The van der Waals surface area contributed by atoms with Gasteiger partial charge < -0.3 is 0 Å². The first kappa shape index (κ1) is 17.3. The van der Waals surface area contributed by atoms with Crippen LogP contribution in [0.15, 0.2) is 23.8 Å². The molecule has 25 heavy (non-hydrogen) atoms. The number of hydrogen-bond acceptors (Lipinski definition) is 2. The van der Waals surface area contributed by atoms with Gasteiger partial charge >= 0.3 is 0 Å². The standard InChI is InChI=1S/C22H25BrO2/c1-14-12-19-17(16-5-4-15(24)13-18(14)16)8-10-22(9-2-3-11-23)20(19)6-7-21(22)25/h13,16-17,19-20H,1-2,4-10,12H2/t16-,17-,19-,20+,22+/m1/s1. The lowest BCUT2D eigenvalue weighted by molar-refractivity contribution is -0.132. The van der Waals surface area contributed by atoms with Crippen LogP contribution in [0.3, 0.4) is 0 Å². The molecular formula is C22H25BrO2. The summed E-state index contributed by atoms with van der Waals surface area (Å²) in [6.45, 7) is 4.32. The largest absolute Gasteiger partial charge is 0.299 e. The molecule has 3 saturated carbocycles. The average Bonchev–Trinajstić information content (AvgIpc) is 2.93. The predicted octanol–water partition coefficient (Wildman–Crippen LogP) is 4.98. The van der Waals surface area contributed by atoms with E-state index in [0.717, 1.165) is 56.9 Å². The number of rotatable bonds is 2. The molecule has 3 fully saturated rings. The highest BCUT2D eigenvalue weighted by molar-refractivity contribution is 9.12. The normalized spacial score (nSPS) is 39.7. The summed E-state index contributed by atoms with van der Waals surface area (Å²) in [7, 11) is 0. The van der Waals surface area contributed by atoms with Crippen LogP contribution in [0.2, 0.25) is 0 Å². The summed E-state index contributed by atoms with van der Waals surface area (Å²) < 4.78 is 0. The van der Waals surface area contributed by atoms with Crippen molar-refractivity contribution >= 4 is 27.5 Å². The third-order valence-electron chi connectivity index (χ3n) is 7.53. The van der Waals surface area contributed by atoms with Crippen LogP contribution < -0.4 is 0 Å². The number of carbonyl (C=O) groups is 2. The van der Waals surface area contributed by atoms with E-state index >= 15 is 0 Å². The fourth-order valence-corrected chi connectivity index (χ4v) is 6.70. The Kier molecular flexibility index (Phi) is 4.52. The Bertz CT molecular complexity index is 722. The maximum atomic E-state index is 12.9. The summed E-state index contributed by atoms with van der Waals surface area (Å²) in [5, 5.41) is 0. The summed E-state index contributed by atoms with van der Waals surface area (Å²) in [4.78, 5) is 27.5. The number of carbonyl (C=O) groups excluding carboxylic acids is 2. The number of ketones is 2. The summed E-state index contributed by atoms with van der Waals surface area (Å²) >= 11 is 3.17. The monoisotopic (exact) mass is 400 g/mol. The van der Waals surface area contributed by atoms with Gasteiger partial charge in [0.1, 0.15) is 5.78 Å². The Morgan fingerprint density at radius 1 is 1.20 bits per heavy atom. The van der Waals surface area contributed by atoms with E-state index in [-0.39, 0.29) is 11.2 Å². The number of allylic oxidation sites excluding steroid dienone is 2. The van der Waals surface area contributed by atoms with Gasteiger partial charge in [-0.25, -0.2) is 0 Å². The second-order valence-electron chi connectivity index (χ2n) is 8.38. The van der Waals surface area contributed by atoms with Gasteiger partial charge in [0.2, 0.25) is 0 Å². The minimum absolute atomic E-state index is 0.135. The zero-order valence-electron chi connectivity index (χ0n) is 14.7. The van der Waals surface area contributed by atoms with Crippen LogP contribution in [0.5, 0.6) is 0 Å². The molecule has 0 bridgehead atoms. The maximum Gasteiger partial charge on any atom is 0.156 e. The van der Waals surface area contributed by atoms with Crippen molar-refractivity contribution in [3.63, 3.8) is 0 Å². The van der Waals surface area contributed by atoms with E-state index in [1.807, 2.05) is 6.08 Å². The molecule has 0 aromatic rings. The molecule has 0 amide bonds. The van der Waals surface area contributed by atoms with E-state index in [0.29, 0.717) is 35.9 Å². The van der Waals surface area contributed by atoms with Crippen molar-refractivity contribution in [3.05, 3.63) is 23.8 Å². The Morgan fingerprint density at radius 3 is 2.84 bits per heavy atom. The van der Waals surface area contributed by atoms with Crippen LogP contribution in [-0.4, -0.2) is 11.6 Å². The smallest absolute Gasteiger partial charge is 0.156 e. The molecule has 0 unspecified atom stereocenters. The van der Waals surface area contributed by atoms with Crippen molar-refractivity contribution in [1.29, 1.82) is 0 Å². The lowest BCUT2D eigenvalue weighted by Gasteiger charge is -2.53. The third kappa shape index (κ3) is 2.69. The van der Waals surface area contributed by atoms with Crippen molar-refractivity contribution in [2.75, 3.05) is 0 Å². The molecule has 132 valence electrons. The minimum atomic E-state index is -0.135. The molecular weight excluding hydrogens is 376 g/mol. The third-order valence-corrected chi connectivity index (χ3v) is 7.81. The van der Waals surface area contributed by atoms with Gasteiger partial charge in [-0.2, -0.15) is 0 Å². The molecule has 0 heterocycles. The zero-order chi connectivity index (χ0) is 17.6. The summed E-state index contributed by atoms with van der Waals surface area (Å²) in [6, 6.07) is 0. The van der Waals surface area contributed by atoms with Gasteiger partial charge in [-0.1, -0.05) is 18.1 Å². The highest BCUT2D eigenvalue weighted by Gasteiger charge is 2.58. The van der Waals surface area contributed by atoms with E-state index in [1.165, 1.54) is 5.57 Å². The molecule has 4 aliphatic rings. The molecule has 0 aliphatic heterocycles. The topological polar surface area (TPSA) is 34.1 Å². The van der Waals surface area contributed by atoms with Crippen molar-refractivity contribution in [3.8, 4) is 10.8 Å². The molecule has 2 nitrogen and oxygen atoms in total. The van der Waals surface area contributed by atoms with Gasteiger partial charge in [-0.15, -0.1) is 0 Å². The van der Waals surface area contributed by atoms with Crippen LogP contribution in [-0.2, 0) is 9.59 Å². The summed E-state index contributed by atoms with van der Waals surface area (Å²) in [6.07, 6.45) is 10.2. The van der Waals surface area contributed by atoms with Crippen LogP contribution in [0.25, 0.3) is 0 Å². The van der Waals surface area contributed by atoms with Crippen LogP contribution in [0.1, 0.15) is 57.8 Å². The van der Waals surface area contributed by atoms with Crippen molar-refractivity contribution in [2.24, 2.45) is 29.1 Å². The Balaban J connectivity index is 1.64. The second-order valence-corrected chi connectivity index (χ2v) is 8.78. The summed E-state index contributed by atoms with van der Waals surface area (Å²) in [5.41, 5.74) is 2.26. The van der Waals surface area contributed by atoms with E-state index in [1.54, 1.807) is 0 Å². The first-order valence-electron chi connectivity index (χ1n) is 9.61. The van der Waals surface area contributed by atoms with Gasteiger partial charge in [-0.05, 0) is 78.7 Å². The fourth-order valence-electron chi connectivity index (χ4n) is 6.50. The Morgan fingerprint density at radius 2 is 2.04 bits per heavy atom. The first-order chi connectivity index (χ1) is 12.1. The molecule has 4 aliphatic carbocycles. The number of fused-ring (bicyclic) bond motifs is 5. The highest BCUT2D eigenvalue weighted by atomic mass is 79.9. The zero-order valence-corrected chi connectivity index (χ0v) is 16.2. The molecule has 0 spiro atoms. The Labute approximate surface area is 158 Å². The fraction of sp³-hybridized carbons (Fsp3) is 0.636. The van der Waals surface area contributed by atoms with Crippen molar-refractivity contribution in [1.82, 2.24) is 0 Å². The second kappa shape index (κ2) is 6.54. The highest BCUT2D eigenvalue weighted by Crippen LogP contribution is 2.62. The number of halogens is 1. The first-order valence-corrected chi connectivity index (χ1v) is 10.4. The molecule has 4 rings (SSSR count). The molecule has 0 radical (unpaired) electrons. The molecule has 0 aromatic carbocycles. The molecule has 3 heteroatoms. The number of hydrogen-bond donors (Lipinski definition) is 0. The van der Waals surface area contributed by atoms with Gasteiger partial charge in [-0.3, -0.25) is 9.59 Å². The van der Waals surface area contributed by atoms with E-state index < -0.39 is 0 Å². The van der Waals surface area contributed by atoms with E-state index in [2.05, 4.69) is 33.3 Å².